The van der Waals surface area contributed by atoms with Gasteiger partial charge in [0.2, 0.25) is 0 Å². The quantitative estimate of drug-likeness (QED) is 0.417. The van der Waals surface area contributed by atoms with E-state index in [2.05, 4.69) is 4.74 Å². The highest BCUT2D eigenvalue weighted by molar-refractivity contribution is 5.80. The van der Waals surface area contributed by atoms with Gasteiger partial charge >= 0.3 is 35.9 Å². The fourth-order valence-corrected chi connectivity index (χ4v) is 2.04. The van der Waals surface area contributed by atoms with Crippen molar-refractivity contribution < 1.29 is 58.9 Å². The second kappa shape index (κ2) is 8.55. The molecule has 2 atom stereocenters. The second-order valence-electron chi connectivity index (χ2n) is 5.79. The zero-order valence-corrected chi connectivity index (χ0v) is 14.1. The molecule has 0 saturated carbocycles. The summed E-state index contributed by atoms with van der Waals surface area (Å²) in [5.74, 6) is -25.1. The van der Waals surface area contributed by atoms with Gasteiger partial charge in [0, 0.05) is 0 Å². The lowest BCUT2D eigenvalue weighted by atomic mass is 9.90. The molecule has 27 heavy (non-hydrogen) atoms. The Balaban J connectivity index is 5.06. The summed E-state index contributed by atoms with van der Waals surface area (Å²) in [7, 11) is 0. The highest BCUT2D eigenvalue weighted by Gasteiger charge is 2.81. The largest absolute Gasteiger partial charge is 0.481 e. The Labute approximate surface area is 147 Å². The SMILES string of the molecule is CCCC(C(=O)O)C(C)C(=O)OCCC(F)(F)C(F)(F)C(F)(F)C(F)(F)F. The fraction of sp³-hybridized carbons (Fsp3) is 0.857. The zero-order valence-electron chi connectivity index (χ0n) is 14.1. The van der Waals surface area contributed by atoms with Crippen molar-refractivity contribution in [2.24, 2.45) is 11.8 Å². The van der Waals surface area contributed by atoms with Crippen LogP contribution in [0.3, 0.4) is 0 Å². The molecule has 0 aromatic carbocycles. The van der Waals surface area contributed by atoms with Crippen molar-refractivity contribution in [3.8, 4) is 0 Å². The van der Waals surface area contributed by atoms with E-state index in [1.54, 1.807) is 6.92 Å². The van der Waals surface area contributed by atoms with Crippen molar-refractivity contribution in [2.45, 2.75) is 57.1 Å². The minimum absolute atomic E-state index is 0.00235. The molecule has 4 nitrogen and oxygen atoms in total. The van der Waals surface area contributed by atoms with Crippen LogP contribution in [0.4, 0.5) is 39.5 Å². The molecule has 0 radical (unpaired) electrons. The zero-order chi connectivity index (χ0) is 21.8. The lowest BCUT2D eigenvalue weighted by molar-refractivity contribution is -0.397. The van der Waals surface area contributed by atoms with E-state index >= 15 is 0 Å². The van der Waals surface area contributed by atoms with Gasteiger partial charge in [0.25, 0.3) is 0 Å². The summed E-state index contributed by atoms with van der Waals surface area (Å²) in [5.41, 5.74) is 0. The topological polar surface area (TPSA) is 63.6 Å². The first-order chi connectivity index (χ1) is 11.9. The number of hydrogen-bond acceptors (Lipinski definition) is 3. The monoisotopic (exact) mass is 420 g/mol. The van der Waals surface area contributed by atoms with Crippen LogP contribution in [0.25, 0.3) is 0 Å². The van der Waals surface area contributed by atoms with Crippen LogP contribution < -0.4 is 0 Å². The smallest absolute Gasteiger partial charge is 0.460 e. The van der Waals surface area contributed by atoms with Crippen molar-refractivity contribution in [2.75, 3.05) is 6.61 Å². The molecule has 0 rings (SSSR count). The van der Waals surface area contributed by atoms with Crippen molar-refractivity contribution in [1.82, 2.24) is 0 Å². The third-order valence-corrected chi connectivity index (χ3v) is 3.76. The predicted molar refractivity (Wildman–Crippen MR) is 71.7 cm³/mol. The number of rotatable bonds is 10. The molecule has 2 unspecified atom stereocenters. The molecule has 1 N–H and O–H groups in total. The minimum Gasteiger partial charge on any atom is -0.481 e. The summed E-state index contributed by atoms with van der Waals surface area (Å²) in [6, 6.07) is 0. The summed E-state index contributed by atoms with van der Waals surface area (Å²) >= 11 is 0. The third-order valence-electron chi connectivity index (χ3n) is 3.76. The molecule has 0 spiro atoms. The Morgan fingerprint density at radius 3 is 1.81 bits per heavy atom. The Morgan fingerprint density at radius 2 is 1.44 bits per heavy atom. The molecule has 0 saturated heterocycles. The Morgan fingerprint density at radius 1 is 0.963 bits per heavy atom. The molecule has 0 aliphatic heterocycles. The van der Waals surface area contributed by atoms with Crippen LogP contribution >= 0.6 is 0 Å². The first kappa shape index (κ1) is 25.3. The first-order valence-electron chi connectivity index (χ1n) is 7.53. The molecule has 0 heterocycles. The van der Waals surface area contributed by atoms with Crippen LogP contribution in [-0.2, 0) is 14.3 Å². The number of esters is 1. The van der Waals surface area contributed by atoms with Gasteiger partial charge in [-0.1, -0.05) is 20.3 Å². The van der Waals surface area contributed by atoms with E-state index in [1.165, 1.54) is 0 Å². The second-order valence-corrected chi connectivity index (χ2v) is 5.79. The standard InChI is InChI=1S/C14H17F9O4/c1-3-4-8(9(24)25)7(2)10(26)27-6-5-11(15,16)12(17,18)13(19,20)14(21,22)23/h7-8H,3-6H2,1-2H3,(H,24,25). The summed E-state index contributed by atoms with van der Waals surface area (Å²) in [6.45, 7) is 1.02. The fourth-order valence-electron chi connectivity index (χ4n) is 2.04. The van der Waals surface area contributed by atoms with Crippen LogP contribution in [0.5, 0.6) is 0 Å². The van der Waals surface area contributed by atoms with E-state index in [4.69, 9.17) is 5.11 Å². The molecular weight excluding hydrogens is 403 g/mol. The Bertz CT molecular complexity index is 531. The van der Waals surface area contributed by atoms with Crippen molar-refractivity contribution in [3.05, 3.63) is 0 Å². The van der Waals surface area contributed by atoms with Crippen LogP contribution in [0.15, 0.2) is 0 Å². The van der Waals surface area contributed by atoms with Crippen LogP contribution in [0.2, 0.25) is 0 Å². The van der Waals surface area contributed by atoms with Gasteiger partial charge in [-0.3, -0.25) is 9.59 Å². The molecule has 0 aliphatic carbocycles. The van der Waals surface area contributed by atoms with E-state index in [0.717, 1.165) is 6.92 Å². The number of alkyl halides is 9. The molecule has 0 aliphatic rings. The van der Waals surface area contributed by atoms with E-state index in [0.29, 0.717) is 6.42 Å². The highest BCUT2D eigenvalue weighted by atomic mass is 19.4. The van der Waals surface area contributed by atoms with E-state index < -0.39 is 60.7 Å². The third kappa shape index (κ3) is 5.41. The Hall–Kier alpha value is -1.69. The number of halogens is 9. The van der Waals surface area contributed by atoms with Crippen LogP contribution in [0, 0.1) is 11.8 Å². The number of carbonyl (C=O) groups excluding carboxylic acids is 1. The summed E-state index contributed by atoms with van der Waals surface area (Å²) in [6.07, 6.45) is -8.93. The highest BCUT2D eigenvalue weighted by Crippen LogP contribution is 2.53. The van der Waals surface area contributed by atoms with Crippen LogP contribution in [-0.4, -0.2) is 47.6 Å². The molecule has 160 valence electrons. The molecule has 0 amide bonds. The van der Waals surface area contributed by atoms with Gasteiger partial charge < -0.3 is 9.84 Å². The van der Waals surface area contributed by atoms with Crippen molar-refractivity contribution >= 4 is 11.9 Å². The number of hydrogen-bond donors (Lipinski definition) is 1. The van der Waals surface area contributed by atoms with Gasteiger partial charge in [0.15, 0.2) is 0 Å². The lowest BCUT2D eigenvalue weighted by Crippen LogP contribution is -2.61. The van der Waals surface area contributed by atoms with Gasteiger partial charge in [0.05, 0.1) is 24.9 Å². The van der Waals surface area contributed by atoms with Crippen molar-refractivity contribution in [3.63, 3.8) is 0 Å². The number of ether oxygens (including phenoxy) is 1. The maximum absolute atomic E-state index is 13.3. The average molecular weight is 420 g/mol. The van der Waals surface area contributed by atoms with Gasteiger partial charge in [-0.25, -0.2) is 0 Å². The maximum atomic E-state index is 13.3. The predicted octanol–water partition coefficient (Wildman–Crippen LogP) is 4.52. The number of carbonyl (C=O) groups is 2. The first-order valence-corrected chi connectivity index (χ1v) is 7.53. The molecule has 13 heteroatoms. The minimum atomic E-state index is -7.02. The van der Waals surface area contributed by atoms with Gasteiger partial charge in [-0.15, -0.1) is 0 Å². The molecular formula is C14H17F9O4. The molecule has 0 fully saturated rings. The number of aliphatic carboxylic acids is 1. The lowest BCUT2D eigenvalue weighted by Gasteiger charge is -2.33. The van der Waals surface area contributed by atoms with E-state index in [-0.39, 0.29) is 6.42 Å². The van der Waals surface area contributed by atoms with Gasteiger partial charge in [-0.05, 0) is 6.42 Å². The summed E-state index contributed by atoms with van der Waals surface area (Å²) in [4.78, 5) is 22.6. The number of carboxylic acid groups (broad SMARTS) is 1. The van der Waals surface area contributed by atoms with Gasteiger partial charge in [0.1, 0.15) is 0 Å². The maximum Gasteiger partial charge on any atom is 0.460 e. The average Bonchev–Trinajstić information content (AvgIpc) is 2.49. The summed E-state index contributed by atoms with van der Waals surface area (Å²) in [5, 5.41) is 8.93. The van der Waals surface area contributed by atoms with E-state index in [1.807, 2.05) is 0 Å². The van der Waals surface area contributed by atoms with Crippen LogP contribution in [0.1, 0.15) is 33.1 Å². The van der Waals surface area contributed by atoms with E-state index in [9.17, 15) is 49.1 Å². The van der Waals surface area contributed by atoms with Crippen molar-refractivity contribution in [1.29, 1.82) is 0 Å². The Kier molecular flexibility index (Phi) is 8.01. The number of carboxylic acids is 1. The summed E-state index contributed by atoms with van der Waals surface area (Å²) < 4.78 is 118. The molecule has 0 aromatic rings. The molecule has 0 bridgehead atoms. The normalized spacial score (nSPS) is 16.0. The molecule has 0 aromatic heterocycles. The van der Waals surface area contributed by atoms with Gasteiger partial charge in [-0.2, -0.15) is 39.5 Å².